The number of alkyl halides is 3. The van der Waals surface area contributed by atoms with Crippen LogP contribution in [0.3, 0.4) is 0 Å². The van der Waals surface area contributed by atoms with E-state index in [4.69, 9.17) is 24.0 Å². The van der Waals surface area contributed by atoms with Crippen LogP contribution in [0.25, 0.3) is 11.1 Å². The second-order valence-corrected chi connectivity index (χ2v) is 13.4. The van der Waals surface area contributed by atoms with E-state index in [2.05, 4.69) is 41.8 Å². The molecule has 3 atom stereocenters. The molecule has 276 valence electrons. The number of rotatable bonds is 14. The summed E-state index contributed by atoms with van der Waals surface area (Å²) in [5, 5.41) is 28.7. The third kappa shape index (κ3) is 8.60. The predicted octanol–water partition coefficient (Wildman–Crippen LogP) is 4.71. The number of nitrogens with zero attached hydrogens (tertiary/aromatic N) is 10. The minimum atomic E-state index is -4.42. The van der Waals surface area contributed by atoms with Crippen molar-refractivity contribution in [3.05, 3.63) is 48.7 Å². The number of aromatic nitrogens is 8. The maximum Gasteiger partial charge on any atom is 0.411 e. The Morgan fingerprint density at radius 3 is 2.42 bits per heavy atom. The average Bonchev–Trinajstić information content (AvgIpc) is 3.86. The highest BCUT2D eigenvalue weighted by molar-refractivity contribution is 5.67. The number of ether oxygens (including phenoxy) is 4. The Morgan fingerprint density at radius 2 is 1.73 bits per heavy atom. The van der Waals surface area contributed by atoms with Gasteiger partial charge in [-0.25, -0.2) is 14.6 Å². The zero-order valence-corrected chi connectivity index (χ0v) is 28.7. The number of morpholine rings is 1. The summed E-state index contributed by atoms with van der Waals surface area (Å²) in [6.07, 6.45) is 8.23. The maximum absolute atomic E-state index is 12.6. The van der Waals surface area contributed by atoms with Crippen molar-refractivity contribution in [1.29, 1.82) is 5.26 Å². The van der Waals surface area contributed by atoms with Crippen LogP contribution in [0.2, 0.25) is 0 Å². The molecule has 2 bridgehead atoms. The van der Waals surface area contributed by atoms with E-state index >= 15 is 0 Å². The van der Waals surface area contributed by atoms with Gasteiger partial charge in [0, 0.05) is 36.1 Å². The number of hydrogen-bond donors (Lipinski definition) is 1. The molecule has 7 rings (SSSR count). The van der Waals surface area contributed by atoms with Crippen LogP contribution in [0.15, 0.2) is 43.1 Å². The van der Waals surface area contributed by atoms with Gasteiger partial charge in [-0.15, -0.1) is 10.2 Å². The van der Waals surface area contributed by atoms with Gasteiger partial charge in [0.05, 0.1) is 44.2 Å². The molecule has 0 spiro atoms. The quantitative estimate of drug-likeness (QED) is 0.178. The molecule has 3 aromatic heterocycles. The first-order valence-corrected chi connectivity index (χ1v) is 17.4. The zero-order valence-electron chi connectivity index (χ0n) is 28.7. The van der Waals surface area contributed by atoms with E-state index in [1.807, 2.05) is 17.8 Å². The molecular weight excluding hydrogens is 683 g/mol. The normalized spacial score (nSPS) is 22.5. The molecule has 1 N–H and O–H groups in total. The molecule has 1 aromatic carbocycles. The molecule has 52 heavy (non-hydrogen) atoms. The summed E-state index contributed by atoms with van der Waals surface area (Å²) < 4.78 is 63.6. The number of tetrazole rings is 1. The van der Waals surface area contributed by atoms with Crippen molar-refractivity contribution in [3.63, 3.8) is 0 Å². The Bertz CT molecular complexity index is 1790. The number of halogens is 3. The van der Waals surface area contributed by atoms with Crippen LogP contribution < -0.4 is 14.8 Å². The van der Waals surface area contributed by atoms with Gasteiger partial charge in [-0.05, 0) is 73.6 Å². The van der Waals surface area contributed by atoms with Crippen LogP contribution in [0.5, 0.6) is 11.6 Å². The Hall–Kier alpha value is -4.86. The van der Waals surface area contributed by atoms with E-state index in [0.29, 0.717) is 47.2 Å². The van der Waals surface area contributed by atoms with Gasteiger partial charge in [0.2, 0.25) is 5.95 Å². The second-order valence-electron chi connectivity index (χ2n) is 13.4. The average molecular weight is 724 g/mol. The Kier molecular flexibility index (Phi) is 10.8. The first-order chi connectivity index (χ1) is 25.2. The summed E-state index contributed by atoms with van der Waals surface area (Å²) in [6.45, 7) is 2.15. The number of benzene rings is 1. The van der Waals surface area contributed by atoms with Crippen molar-refractivity contribution >= 4 is 11.6 Å². The molecule has 1 aliphatic carbocycles. The van der Waals surface area contributed by atoms with Crippen molar-refractivity contribution in [3.8, 4) is 28.8 Å². The highest BCUT2D eigenvalue weighted by Crippen LogP contribution is 2.39. The zero-order chi connectivity index (χ0) is 36.1. The van der Waals surface area contributed by atoms with Crippen molar-refractivity contribution in [1.82, 2.24) is 44.9 Å². The Morgan fingerprint density at radius 1 is 1.00 bits per heavy atom. The fraction of sp³-hybridized carbons (Fsp3) is 0.559. The number of anilines is 2. The summed E-state index contributed by atoms with van der Waals surface area (Å²) in [6, 6.07) is 9.07. The molecule has 3 fully saturated rings. The molecule has 0 radical (unpaired) electrons. The van der Waals surface area contributed by atoms with Gasteiger partial charge in [-0.2, -0.15) is 18.4 Å². The van der Waals surface area contributed by atoms with Crippen LogP contribution in [0.1, 0.15) is 57.1 Å². The Balaban J connectivity index is 1.03. The van der Waals surface area contributed by atoms with Gasteiger partial charge in [0.25, 0.3) is 5.88 Å². The molecular formula is C34H40F3N11O4. The van der Waals surface area contributed by atoms with Gasteiger partial charge in [-0.3, -0.25) is 9.58 Å². The van der Waals surface area contributed by atoms with E-state index < -0.39 is 12.8 Å². The monoisotopic (exact) mass is 723 g/mol. The summed E-state index contributed by atoms with van der Waals surface area (Å²) in [4.78, 5) is 11.7. The minimum Gasteiger partial charge on any atom is -0.487 e. The molecule has 2 aliphatic heterocycles. The largest absolute Gasteiger partial charge is 0.487 e. The van der Waals surface area contributed by atoms with Gasteiger partial charge in [-0.1, -0.05) is 6.07 Å². The molecule has 2 saturated heterocycles. The number of nitriles is 1. The molecule has 1 saturated carbocycles. The number of fused-ring (bicyclic) bond motifs is 2. The van der Waals surface area contributed by atoms with E-state index in [-0.39, 0.29) is 37.2 Å². The fourth-order valence-corrected chi connectivity index (χ4v) is 7.35. The molecule has 4 aromatic rings. The summed E-state index contributed by atoms with van der Waals surface area (Å²) >= 11 is 0. The molecule has 5 heterocycles. The highest BCUT2D eigenvalue weighted by Gasteiger charge is 2.42. The first kappa shape index (κ1) is 35.5. The first-order valence-electron chi connectivity index (χ1n) is 17.4. The van der Waals surface area contributed by atoms with Crippen LogP contribution in [-0.4, -0.2) is 108 Å². The number of hydrogen-bond acceptors (Lipinski definition) is 13. The summed E-state index contributed by atoms with van der Waals surface area (Å²) in [7, 11) is 0. The van der Waals surface area contributed by atoms with Crippen molar-refractivity contribution < 1.29 is 32.1 Å². The summed E-state index contributed by atoms with van der Waals surface area (Å²) in [5.74, 6) is 0.900. The fourth-order valence-electron chi connectivity index (χ4n) is 7.35. The summed E-state index contributed by atoms with van der Waals surface area (Å²) in [5.41, 5.74) is 2.29. The van der Waals surface area contributed by atoms with Gasteiger partial charge < -0.3 is 24.3 Å². The lowest BCUT2D eigenvalue weighted by Gasteiger charge is -2.43. The van der Waals surface area contributed by atoms with Gasteiger partial charge in [0.15, 0.2) is 0 Å². The SMILES string of the molecule is C[C@@H](Cn1cnnn1)Oc1cc(-c2cnc(Nc3cn([C@H]4CC[C@H](N5[C@@H]6CC[C@H]5COC6)CC4)nc3OCCOCC(F)(F)F)nc2)ccc1C#N. The van der Waals surface area contributed by atoms with Crippen LogP contribution in [-0.2, 0) is 16.0 Å². The van der Waals surface area contributed by atoms with Crippen molar-refractivity contribution in [2.75, 3.05) is 38.4 Å². The lowest BCUT2D eigenvalue weighted by atomic mass is 9.89. The van der Waals surface area contributed by atoms with Gasteiger partial charge in [0.1, 0.15) is 43.2 Å². The molecule has 3 aliphatic rings. The molecule has 0 amide bonds. The third-order valence-electron chi connectivity index (χ3n) is 9.69. The lowest BCUT2D eigenvalue weighted by molar-refractivity contribution is -0.175. The number of nitrogens with one attached hydrogen (secondary N) is 1. The van der Waals surface area contributed by atoms with E-state index in [9.17, 15) is 18.4 Å². The smallest absolute Gasteiger partial charge is 0.411 e. The maximum atomic E-state index is 12.6. The predicted molar refractivity (Wildman–Crippen MR) is 179 cm³/mol. The van der Waals surface area contributed by atoms with Crippen LogP contribution in [0, 0.1) is 11.3 Å². The van der Waals surface area contributed by atoms with E-state index in [0.717, 1.165) is 44.5 Å². The van der Waals surface area contributed by atoms with Crippen LogP contribution >= 0.6 is 0 Å². The minimum absolute atomic E-state index is 0.119. The lowest BCUT2D eigenvalue weighted by Crippen LogP contribution is -2.52. The van der Waals surface area contributed by atoms with E-state index in [1.54, 1.807) is 35.3 Å². The Labute approximate surface area is 298 Å². The van der Waals surface area contributed by atoms with Crippen LogP contribution in [0.4, 0.5) is 24.8 Å². The van der Waals surface area contributed by atoms with Crippen molar-refractivity contribution in [2.24, 2.45) is 0 Å². The second kappa shape index (κ2) is 15.8. The van der Waals surface area contributed by atoms with Gasteiger partial charge >= 0.3 is 6.18 Å². The highest BCUT2D eigenvalue weighted by atomic mass is 19.4. The standard InChI is InChI=1S/C34H40F3N11O4/c1-22(16-46-21-41-44-45-46)52-31-12-23(2-3-24(31)13-38)25-14-39-33(40-15-25)42-30-17-47(43-32(30)51-11-10-49-20-34(35,36)37)26-4-6-27(7-5-26)48-28-8-9-29(48)19-50-18-28/h2-3,12,14-15,17,21-22,26-29H,4-11,16,18-20H2,1H3,(H,39,40,42)/t22-,26-,27-,28-,29+/m0/s1. The topological polar surface area (TPSA) is 163 Å². The van der Waals surface area contributed by atoms with Crippen molar-refractivity contribution in [2.45, 2.75) is 88.4 Å². The molecule has 0 unspecified atom stereocenters. The third-order valence-corrected chi connectivity index (χ3v) is 9.69. The van der Waals surface area contributed by atoms with E-state index in [1.165, 1.54) is 19.2 Å². The molecule has 18 heteroatoms. The molecule has 15 nitrogen and oxygen atoms in total.